The van der Waals surface area contributed by atoms with E-state index in [0.29, 0.717) is 24.6 Å². The Morgan fingerprint density at radius 1 is 1.42 bits per heavy atom. The fourth-order valence-electron chi connectivity index (χ4n) is 3.11. The summed E-state index contributed by atoms with van der Waals surface area (Å²) in [5, 5.41) is 2.88. The zero-order valence-corrected chi connectivity index (χ0v) is 15.8. The van der Waals surface area contributed by atoms with Gasteiger partial charge in [0.15, 0.2) is 0 Å². The minimum absolute atomic E-state index is 0.00806. The van der Waals surface area contributed by atoms with E-state index in [-0.39, 0.29) is 25.1 Å². The number of amides is 1. The SMILES string of the molecule is CC(C)CN1CCOC(CNC(=O)CN(C)Cc2ccc(F)cc2F)C1. The Labute approximate surface area is 154 Å². The molecule has 1 aromatic rings. The number of ether oxygens (including phenoxy) is 1. The Morgan fingerprint density at radius 3 is 2.88 bits per heavy atom. The number of nitrogens with one attached hydrogen (secondary N) is 1. The molecule has 146 valence electrons. The van der Waals surface area contributed by atoms with E-state index in [1.165, 1.54) is 12.1 Å². The van der Waals surface area contributed by atoms with E-state index in [4.69, 9.17) is 4.74 Å². The summed E-state index contributed by atoms with van der Waals surface area (Å²) in [6.45, 7) is 8.66. The van der Waals surface area contributed by atoms with E-state index < -0.39 is 11.6 Å². The van der Waals surface area contributed by atoms with Gasteiger partial charge < -0.3 is 10.1 Å². The third-order valence-corrected chi connectivity index (χ3v) is 4.24. The Kier molecular flexibility index (Phi) is 7.93. The first-order chi connectivity index (χ1) is 12.3. The molecule has 7 heteroatoms. The van der Waals surface area contributed by atoms with Crippen molar-refractivity contribution in [3.63, 3.8) is 0 Å². The molecule has 0 radical (unpaired) electrons. The molecule has 1 aliphatic rings. The summed E-state index contributed by atoms with van der Waals surface area (Å²) in [7, 11) is 1.73. The largest absolute Gasteiger partial charge is 0.374 e. The number of carbonyl (C=O) groups excluding carboxylic acids is 1. The molecule has 0 bridgehead atoms. The quantitative estimate of drug-likeness (QED) is 0.760. The van der Waals surface area contributed by atoms with E-state index in [1.807, 2.05) is 0 Å². The smallest absolute Gasteiger partial charge is 0.234 e. The molecule has 0 aliphatic carbocycles. The number of halogens is 2. The van der Waals surface area contributed by atoms with Crippen LogP contribution in [-0.2, 0) is 16.1 Å². The summed E-state index contributed by atoms with van der Waals surface area (Å²) in [6, 6.07) is 3.47. The number of rotatable bonds is 8. The molecular formula is C19H29F2N3O2. The van der Waals surface area contributed by atoms with Gasteiger partial charge in [-0.15, -0.1) is 0 Å². The average Bonchev–Trinajstić information content (AvgIpc) is 2.55. The Hall–Kier alpha value is -1.57. The van der Waals surface area contributed by atoms with Crippen LogP contribution in [-0.4, -0.2) is 68.2 Å². The van der Waals surface area contributed by atoms with Crippen LogP contribution in [0.3, 0.4) is 0 Å². The summed E-state index contributed by atoms with van der Waals surface area (Å²) < 4.78 is 32.3. The lowest BCUT2D eigenvalue weighted by Gasteiger charge is -2.34. The molecule has 26 heavy (non-hydrogen) atoms. The van der Waals surface area contributed by atoms with Gasteiger partial charge in [-0.1, -0.05) is 19.9 Å². The van der Waals surface area contributed by atoms with Crippen LogP contribution in [0, 0.1) is 17.6 Å². The number of hydrogen-bond donors (Lipinski definition) is 1. The van der Waals surface area contributed by atoms with Crippen LogP contribution in [0.2, 0.25) is 0 Å². The van der Waals surface area contributed by atoms with Crippen molar-refractivity contribution in [2.24, 2.45) is 5.92 Å². The molecule has 1 N–H and O–H groups in total. The predicted octanol–water partition coefficient (Wildman–Crippen LogP) is 1.87. The number of benzene rings is 1. The van der Waals surface area contributed by atoms with Crippen LogP contribution in [0.1, 0.15) is 19.4 Å². The van der Waals surface area contributed by atoms with Crippen molar-refractivity contribution >= 4 is 5.91 Å². The van der Waals surface area contributed by atoms with E-state index in [0.717, 1.165) is 25.7 Å². The molecular weight excluding hydrogens is 340 g/mol. The van der Waals surface area contributed by atoms with E-state index in [9.17, 15) is 13.6 Å². The average molecular weight is 369 g/mol. The van der Waals surface area contributed by atoms with Gasteiger partial charge >= 0.3 is 0 Å². The first-order valence-electron chi connectivity index (χ1n) is 9.06. The normalized spacial score (nSPS) is 18.5. The third kappa shape index (κ3) is 6.97. The van der Waals surface area contributed by atoms with Crippen LogP contribution in [0.25, 0.3) is 0 Å². The van der Waals surface area contributed by atoms with Crippen molar-refractivity contribution in [3.8, 4) is 0 Å². The highest BCUT2D eigenvalue weighted by atomic mass is 19.1. The lowest BCUT2D eigenvalue weighted by molar-refractivity contribution is -0.123. The minimum Gasteiger partial charge on any atom is -0.374 e. The Bertz CT molecular complexity index is 598. The standard InChI is InChI=1S/C19H29F2N3O2/c1-14(2)10-24-6-7-26-17(12-24)9-22-19(25)13-23(3)11-15-4-5-16(20)8-18(15)21/h4-5,8,14,17H,6-7,9-13H2,1-3H3,(H,22,25). The number of carbonyl (C=O) groups is 1. The molecule has 0 saturated carbocycles. The van der Waals surface area contributed by atoms with Crippen LogP contribution in [0.15, 0.2) is 18.2 Å². The minimum atomic E-state index is -0.606. The summed E-state index contributed by atoms with van der Waals surface area (Å²) >= 11 is 0. The van der Waals surface area contributed by atoms with Gasteiger partial charge in [0.05, 0.1) is 19.3 Å². The molecule has 0 aromatic heterocycles. The van der Waals surface area contributed by atoms with Gasteiger partial charge in [-0.3, -0.25) is 14.6 Å². The number of hydrogen-bond acceptors (Lipinski definition) is 4. The van der Waals surface area contributed by atoms with Gasteiger partial charge in [0.25, 0.3) is 0 Å². The highest BCUT2D eigenvalue weighted by Gasteiger charge is 2.21. The molecule has 2 rings (SSSR count). The van der Waals surface area contributed by atoms with Gasteiger partial charge in [0, 0.05) is 44.4 Å². The van der Waals surface area contributed by atoms with E-state index in [2.05, 4.69) is 24.1 Å². The predicted molar refractivity (Wildman–Crippen MR) is 96.7 cm³/mol. The second-order valence-corrected chi connectivity index (χ2v) is 7.36. The summed E-state index contributed by atoms with van der Waals surface area (Å²) in [5.74, 6) is -0.743. The van der Waals surface area contributed by atoms with Gasteiger partial charge in [-0.05, 0) is 19.0 Å². The maximum Gasteiger partial charge on any atom is 0.234 e. The van der Waals surface area contributed by atoms with Crippen molar-refractivity contribution in [1.82, 2.24) is 15.1 Å². The van der Waals surface area contributed by atoms with Crippen molar-refractivity contribution in [3.05, 3.63) is 35.4 Å². The maximum atomic E-state index is 13.7. The van der Waals surface area contributed by atoms with Crippen LogP contribution >= 0.6 is 0 Å². The molecule has 1 fully saturated rings. The first-order valence-corrected chi connectivity index (χ1v) is 9.06. The maximum absolute atomic E-state index is 13.7. The number of nitrogens with zero attached hydrogens (tertiary/aromatic N) is 2. The number of likely N-dealkylation sites (N-methyl/N-ethyl adjacent to an activating group) is 1. The Morgan fingerprint density at radius 2 is 2.19 bits per heavy atom. The molecule has 1 unspecified atom stereocenters. The second kappa shape index (κ2) is 9.94. The Balaban J connectivity index is 1.72. The molecule has 1 aliphatic heterocycles. The van der Waals surface area contributed by atoms with Gasteiger partial charge in [-0.2, -0.15) is 0 Å². The summed E-state index contributed by atoms with van der Waals surface area (Å²) in [5.41, 5.74) is 0.363. The van der Waals surface area contributed by atoms with Crippen molar-refractivity contribution in [2.45, 2.75) is 26.5 Å². The van der Waals surface area contributed by atoms with Crippen LogP contribution < -0.4 is 5.32 Å². The summed E-state index contributed by atoms with van der Waals surface area (Å²) in [4.78, 5) is 16.2. The van der Waals surface area contributed by atoms with Crippen LogP contribution in [0.4, 0.5) is 8.78 Å². The highest BCUT2D eigenvalue weighted by Crippen LogP contribution is 2.11. The molecule has 0 spiro atoms. The third-order valence-electron chi connectivity index (χ3n) is 4.24. The van der Waals surface area contributed by atoms with Crippen molar-refractivity contribution < 1.29 is 18.3 Å². The zero-order chi connectivity index (χ0) is 19.1. The molecule has 1 saturated heterocycles. The molecule has 1 atom stereocenters. The summed E-state index contributed by atoms with van der Waals surface area (Å²) in [6.07, 6.45) is -0.00806. The van der Waals surface area contributed by atoms with E-state index in [1.54, 1.807) is 11.9 Å². The lowest BCUT2D eigenvalue weighted by Crippen LogP contribution is -2.49. The second-order valence-electron chi connectivity index (χ2n) is 7.36. The van der Waals surface area contributed by atoms with Crippen molar-refractivity contribution in [1.29, 1.82) is 0 Å². The lowest BCUT2D eigenvalue weighted by atomic mass is 10.2. The molecule has 1 aromatic carbocycles. The fraction of sp³-hybridized carbons (Fsp3) is 0.632. The topological polar surface area (TPSA) is 44.8 Å². The first kappa shape index (κ1) is 20.7. The van der Waals surface area contributed by atoms with Crippen molar-refractivity contribution in [2.75, 3.05) is 46.4 Å². The van der Waals surface area contributed by atoms with E-state index >= 15 is 0 Å². The highest BCUT2D eigenvalue weighted by molar-refractivity contribution is 5.78. The number of morpholine rings is 1. The monoisotopic (exact) mass is 369 g/mol. The molecule has 1 heterocycles. The molecule has 5 nitrogen and oxygen atoms in total. The zero-order valence-electron chi connectivity index (χ0n) is 15.8. The van der Waals surface area contributed by atoms with Gasteiger partial charge in [-0.25, -0.2) is 8.78 Å². The van der Waals surface area contributed by atoms with Gasteiger partial charge in [0.1, 0.15) is 11.6 Å². The van der Waals surface area contributed by atoms with Gasteiger partial charge in [0.2, 0.25) is 5.91 Å². The fourth-order valence-corrected chi connectivity index (χ4v) is 3.11. The molecule has 1 amide bonds. The van der Waals surface area contributed by atoms with Crippen LogP contribution in [0.5, 0.6) is 0 Å².